The highest BCUT2D eigenvalue weighted by Gasteiger charge is 2.33. The van der Waals surface area contributed by atoms with Crippen molar-refractivity contribution in [1.82, 2.24) is 5.01 Å². The number of amides is 1. The summed E-state index contributed by atoms with van der Waals surface area (Å²) in [4.78, 5) is 12.6. The van der Waals surface area contributed by atoms with Crippen molar-refractivity contribution >= 4 is 23.4 Å². The van der Waals surface area contributed by atoms with E-state index < -0.39 is 0 Å². The zero-order valence-electron chi connectivity index (χ0n) is 9.31. The molecule has 0 saturated heterocycles. The molecule has 1 aromatic carbocycles. The molecule has 0 spiro atoms. The topological polar surface area (TPSA) is 32.7 Å². The fraction of sp³-hybridized carbons (Fsp3) is 0.333. The summed E-state index contributed by atoms with van der Waals surface area (Å²) in [6.45, 7) is 0. The summed E-state index contributed by atoms with van der Waals surface area (Å²) in [6.07, 6.45) is 0.471. The summed E-state index contributed by atoms with van der Waals surface area (Å²) >= 11 is 1.67. The maximum atomic E-state index is 13.3. The Bertz CT molecular complexity index is 529. The Morgan fingerprint density at radius 2 is 2.35 bits per heavy atom. The zero-order chi connectivity index (χ0) is 12.0. The number of benzene rings is 1. The molecule has 5 heteroatoms. The third kappa shape index (κ3) is 1.74. The van der Waals surface area contributed by atoms with Crippen LogP contribution in [0.15, 0.2) is 28.2 Å². The van der Waals surface area contributed by atoms with E-state index in [1.165, 1.54) is 17.1 Å². The van der Waals surface area contributed by atoms with E-state index in [0.717, 1.165) is 21.9 Å². The number of thioether (sulfide) groups is 1. The lowest BCUT2D eigenvalue weighted by molar-refractivity contribution is -0.131. The van der Waals surface area contributed by atoms with Crippen molar-refractivity contribution < 1.29 is 9.18 Å². The second kappa shape index (κ2) is 3.84. The minimum absolute atomic E-state index is 0.0270. The van der Waals surface area contributed by atoms with Crippen LogP contribution >= 0.6 is 11.8 Å². The van der Waals surface area contributed by atoms with Gasteiger partial charge in [0, 0.05) is 35.6 Å². The molecule has 0 aromatic heterocycles. The average molecular weight is 250 g/mol. The Hall–Kier alpha value is -1.36. The first-order chi connectivity index (χ1) is 8.15. The molecule has 3 nitrogen and oxygen atoms in total. The number of hydrogen-bond donors (Lipinski definition) is 0. The van der Waals surface area contributed by atoms with Gasteiger partial charge in [-0.2, -0.15) is 5.10 Å². The van der Waals surface area contributed by atoms with E-state index in [1.54, 1.807) is 24.9 Å². The molecule has 0 aliphatic carbocycles. The highest BCUT2D eigenvalue weighted by molar-refractivity contribution is 7.99. The summed E-state index contributed by atoms with van der Waals surface area (Å²) in [5.41, 5.74) is 1.69. The second-order valence-corrected chi connectivity index (χ2v) is 5.32. The Morgan fingerprint density at radius 1 is 1.53 bits per heavy atom. The van der Waals surface area contributed by atoms with Gasteiger partial charge in [-0.25, -0.2) is 9.40 Å². The lowest BCUT2D eigenvalue weighted by atomic mass is 9.93. The van der Waals surface area contributed by atoms with Gasteiger partial charge in [0.1, 0.15) is 5.82 Å². The van der Waals surface area contributed by atoms with Crippen LogP contribution in [-0.4, -0.2) is 29.4 Å². The number of halogens is 1. The van der Waals surface area contributed by atoms with E-state index in [2.05, 4.69) is 5.10 Å². The van der Waals surface area contributed by atoms with Crippen molar-refractivity contribution in [3.05, 3.63) is 29.6 Å². The predicted molar refractivity (Wildman–Crippen MR) is 64.5 cm³/mol. The summed E-state index contributed by atoms with van der Waals surface area (Å²) in [7, 11) is 1.65. The molecule has 2 heterocycles. The molecule has 0 saturated carbocycles. The number of hydrazone groups is 1. The zero-order valence-corrected chi connectivity index (χ0v) is 10.1. The third-order valence-electron chi connectivity index (χ3n) is 3.08. The van der Waals surface area contributed by atoms with Crippen LogP contribution in [-0.2, 0) is 4.79 Å². The number of carbonyl (C=O) groups is 1. The second-order valence-electron chi connectivity index (χ2n) is 4.26. The van der Waals surface area contributed by atoms with Gasteiger partial charge >= 0.3 is 0 Å². The largest absolute Gasteiger partial charge is 0.273 e. The number of hydrogen-bond acceptors (Lipinski definition) is 3. The van der Waals surface area contributed by atoms with Gasteiger partial charge in [0.2, 0.25) is 5.91 Å². The highest BCUT2D eigenvalue weighted by atomic mass is 32.2. The SMILES string of the molecule is CN1N=C2c3cc(F)ccc3SCC2CC1=O. The standard InChI is InChI=1S/C12H11FN2OS/c1-15-11(16)4-7-6-17-10-3-2-8(13)5-9(10)12(7)14-15/h2-3,5,7H,4,6H2,1H3. The Labute approximate surface area is 103 Å². The normalized spacial score (nSPS) is 22.9. The van der Waals surface area contributed by atoms with Crippen molar-refractivity contribution in [2.24, 2.45) is 11.0 Å². The van der Waals surface area contributed by atoms with E-state index in [-0.39, 0.29) is 17.6 Å². The molecule has 0 N–H and O–H groups in total. The minimum atomic E-state index is -0.257. The summed E-state index contributed by atoms with van der Waals surface area (Å²) in [5.74, 6) is 0.737. The number of nitrogens with zero attached hydrogens (tertiary/aromatic N) is 2. The molecule has 1 amide bonds. The fourth-order valence-corrected chi connectivity index (χ4v) is 3.31. The van der Waals surface area contributed by atoms with Crippen LogP contribution in [0.25, 0.3) is 0 Å². The Balaban J connectivity index is 2.13. The van der Waals surface area contributed by atoms with Gasteiger partial charge in [0.25, 0.3) is 0 Å². The van der Waals surface area contributed by atoms with Crippen LogP contribution in [0.3, 0.4) is 0 Å². The molecule has 17 heavy (non-hydrogen) atoms. The van der Waals surface area contributed by atoms with Crippen LogP contribution < -0.4 is 0 Å². The van der Waals surface area contributed by atoms with Gasteiger partial charge in [-0.1, -0.05) is 0 Å². The van der Waals surface area contributed by atoms with Crippen molar-refractivity contribution in [1.29, 1.82) is 0 Å². The summed E-state index contributed by atoms with van der Waals surface area (Å²) in [5, 5.41) is 5.65. The Kier molecular flexibility index (Phi) is 2.43. The van der Waals surface area contributed by atoms with Crippen LogP contribution in [0.2, 0.25) is 0 Å². The number of rotatable bonds is 0. The first-order valence-corrected chi connectivity index (χ1v) is 6.41. The minimum Gasteiger partial charge on any atom is -0.273 e. The predicted octanol–water partition coefficient (Wildman–Crippen LogP) is 2.11. The molecule has 0 fully saturated rings. The molecule has 0 bridgehead atoms. The molecule has 1 unspecified atom stereocenters. The molecular formula is C12H11FN2OS. The summed E-state index contributed by atoms with van der Waals surface area (Å²) in [6, 6.07) is 4.76. The van der Waals surface area contributed by atoms with E-state index >= 15 is 0 Å². The molecule has 3 rings (SSSR count). The van der Waals surface area contributed by atoms with Crippen LogP contribution in [0.4, 0.5) is 4.39 Å². The van der Waals surface area contributed by atoms with Gasteiger partial charge in [-0.15, -0.1) is 11.8 Å². The first-order valence-electron chi connectivity index (χ1n) is 5.43. The first kappa shape index (κ1) is 10.8. The lowest BCUT2D eigenvalue weighted by Crippen LogP contribution is -2.37. The van der Waals surface area contributed by atoms with E-state index in [4.69, 9.17) is 0 Å². The summed E-state index contributed by atoms with van der Waals surface area (Å²) < 4.78 is 13.3. The van der Waals surface area contributed by atoms with Gasteiger partial charge < -0.3 is 0 Å². The van der Waals surface area contributed by atoms with Crippen molar-refractivity contribution in [2.75, 3.05) is 12.8 Å². The highest BCUT2D eigenvalue weighted by Crippen LogP contribution is 2.36. The Morgan fingerprint density at radius 3 is 3.18 bits per heavy atom. The molecule has 2 aliphatic rings. The maximum absolute atomic E-state index is 13.3. The van der Waals surface area contributed by atoms with Crippen LogP contribution in [0.5, 0.6) is 0 Å². The lowest BCUT2D eigenvalue weighted by Gasteiger charge is -2.31. The smallest absolute Gasteiger partial charge is 0.243 e. The van der Waals surface area contributed by atoms with Crippen LogP contribution in [0.1, 0.15) is 12.0 Å². The molecule has 88 valence electrons. The quantitative estimate of drug-likeness (QED) is 0.706. The molecule has 2 aliphatic heterocycles. The van der Waals surface area contributed by atoms with Crippen molar-refractivity contribution in [2.45, 2.75) is 11.3 Å². The monoisotopic (exact) mass is 250 g/mol. The van der Waals surface area contributed by atoms with Gasteiger partial charge in [0.05, 0.1) is 5.71 Å². The van der Waals surface area contributed by atoms with E-state index in [0.29, 0.717) is 6.42 Å². The van der Waals surface area contributed by atoms with E-state index in [9.17, 15) is 9.18 Å². The van der Waals surface area contributed by atoms with Gasteiger partial charge in [-0.05, 0) is 18.2 Å². The van der Waals surface area contributed by atoms with Crippen LogP contribution in [0, 0.1) is 11.7 Å². The van der Waals surface area contributed by atoms with Gasteiger partial charge in [-0.3, -0.25) is 4.79 Å². The van der Waals surface area contributed by atoms with Crippen molar-refractivity contribution in [3.63, 3.8) is 0 Å². The van der Waals surface area contributed by atoms with E-state index in [1.807, 2.05) is 0 Å². The molecule has 1 aromatic rings. The molecule has 1 atom stereocenters. The third-order valence-corrected chi connectivity index (χ3v) is 4.32. The van der Waals surface area contributed by atoms with Crippen molar-refractivity contribution in [3.8, 4) is 0 Å². The fourth-order valence-electron chi connectivity index (χ4n) is 2.17. The average Bonchev–Trinajstić information content (AvgIpc) is 2.31. The molecular weight excluding hydrogens is 239 g/mol. The number of carbonyl (C=O) groups excluding carboxylic acids is 1. The molecule has 0 radical (unpaired) electrons. The maximum Gasteiger partial charge on any atom is 0.243 e. The van der Waals surface area contributed by atoms with Gasteiger partial charge in [0.15, 0.2) is 0 Å². The number of fused-ring (bicyclic) bond motifs is 3.